The number of thiophene rings is 1. The van der Waals surface area contributed by atoms with Gasteiger partial charge in [-0.25, -0.2) is 0 Å². The van der Waals surface area contributed by atoms with Crippen molar-refractivity contribution in [3.63, 3.8) is 0 Å². The van der Waals surface area contributed by atoms with Crippen molar-refractivity contribution in [2.45, 2.75) is 26.4 Å². The zero-order valence-corrected chi connectivity index (χ0v) is 8.32. The summed E-state index contributed by atoms with van der Waals surface area (Å²) in [5.74, 6) is 0. The highest BCUT2D eigenvalue weighted by Crippen LogP contribution is 2.26. The molecule has 12 heavy (non-hydrogen) atoms. The molecular weight excluding hydrogens is 168 g/mol. The van der Waals surface area contributed by atoms with Crippen molar-refractivity contribution in [2.75, 3.05) is 0 Å². The van der Waals surface area contributed by atoms with Gasteiger partial charge in [-0.05, 0) is 32.4 Å². The molecule has 2 heteroatoms. The van der Waals surface area contributed by atoms with Crippen molar-refractivity contribution in [3.8, 4) is 0 Å². The summed E-state index contributed by atoms with van der Waals surface area (Å²) in [4.78, 5) is 2.28. The third-order valence-electron chi connectivity index (χ3n) is 1.63. The number of rotatable bonds is 3. The molecule has 0 saturated heterocycles. The van der Waals surface area contributed by atoms with E-state index in [0.29, 0.717) is 6.42 Å². The first kappa shape index (κ1) is 9.49. The minimum atomic E-state index is -0.360. The van der Waals surface area contributed by atoms with Crippen LogP contribution in [-0.4, -0.2) is 5.11 Å². The summed E-state index contributed by atoms with van der Waals surface area (Å²) in [5, 5.41) is 9.65. The van der Waals surface area contributed by atoms with Gasteiger partial charge in [0.2, 0.25) is 0 Å². The average Bonchev–Trinajstić information content (AvgIpc) is 2.34. The molecule has 1 heterocycles. The van der Waals surface area contributed by atoms with Gasteiger partial charge in [-0.1, -0.05) is 5.57 Å². The van der Waals surface area contributed by atoms with Crippen LogP contribution >= 0.6 is 11.3 Å². The monoisotopic (exact) mass is 182 g/mol. The first-order chi connectivity index (χ1) is 5.59. The molecule has 1 aromatic heterocycles. The van der Waals surface area contributed by atoms with E-state index in [2.05, 4.69) is 6.58 Å². The van der Waals surface area contributed by atoms with Crippen molar-refractivity contribution >= 4 is 11.3 Å². The van der Waals surface area contributed by atoms with Crippen LogP contribution in [-0.2, 0) is 0 Å². The van der Waals surface area contributed by atoms with E-state index in [1.54, 1.807) is 11.3 Å². The van der Waals surface area contributed by atoms with E-state index in [0.717, 1.165) is 10.5 Å². The molecule has 0 fully saturated rings. The molecule has 0 aliphatic rings. The van der Waals surface area contributed by atoms with Crippen LogP contribution in [0.3, 0.4) is 0 Å². The Labute approximate surface area is 77.4 Å². The second-order valence-electron chi connectivity index (χ2n) is 3.13. The fourth-order valence-electron chi connectivity index (χ4n) is 1.06. The van der Waals surface area contributed by atoms with Gasteiger partial charge < -0.3 is 5.11 Å². The maximum absolute atomic E-state index is 9.65. The largest absolute Gasteiger partial charge is 0.387 e. The molecule has 1 aromatic rings. The second kappa shape index (κ2) is 3.87. The van der Waals surface area contributed by atoms with E-state index in [4.69, 9.17) is 0 Å². The van der Waals surface area contributed by atoms with Crippen LogP contribution in [0, 0.1) is 6.92 Å². The average molecular weight is 182 g/mol. The van der Waals surface area contributed by atoms with Crippen LogP contribution < -0.4 is 0 Å². The van der Waals surface area contributed by atoms with E-state index >= 15 is 0 Å². The highest BCUT2D eigenvalue weighted by atomic mass is 32.1. The molecular formula is C10H14OS. The van der Waals surface area contributed by atoms with Crippen molar-refractivity contribution in [3.05, 3.63) is 34.0 Å². The van der Waals surface area contributed by atoms with E-state index in [9.17, 15) is 5.11 Å². The van der Waals surface area contributed by atoms with Gasteiger partial charge in [0.05, 0.1) is 6.10 Å². The van der Waals surface area contributed by atoms with Gasteiger partial charge in [-0.2, -0.15) is 0 Å². The van der Waals surface area contributed by atoms with Crippen molar-refractivity contribution in [1.29, 1.82) is 0 Å². The smallest absolute Gasteiger partial charge is 0.0918 e. The zero-order chi connectivity index (χ0) is 9.14. The summed E-state index contributed by atoms with van der Waals surface area (Å²) in [6.07, 6.45) is 0.307. The molecule has 66 valence electrons. The van der Waals surface area contributed by atoms with Gasteiger partial charge in [0, 0.05) is 9.75 Å². The van der Waals surface area contributed by atoms with Gasteiger partial charge in [0.25, 0.3) is 0 Å². The molecule has 0 aliphatic carbocycles. The predicted octanol–water partition coefficient (Wildman–Crippen LogP) is 3.06. The molecule has 0 aliphatic heterocycles. The molecule has 1 rings (SSSR count). The summed E-state index contributed by atoms with van der Waals surface area (Å²) < 4.78 is 0. The Morgan fingerprint density at radius 1 is 1.67 bits per heavy atom. The molecule has 0 spiro atoms. The Morgan fingerprint density at radius 2 is 2.33 bits per heavy atom. The quantitative estimate of drug-likeness (QED) is 0.712. The Bertz CT molecular complexity index is 275. The molecule has 1 atom stereocenters. The fraction of sp³-hybridized carbons (Fsp3) is 0.400. The summed E-state index contributed by atoms with van der Waals surface area (Å²) in [6, 6.07) is 4.01. The summed E-state index contributed by atoms with van der Waals surface area (Å²) in [5.41, 5.74) is 1.02. The fourth-order valence-corrected chi connectivity index (χ4v) is 1.93. The molecule has 0 saturated carbocycles. The number of aliphatic hydroxyl groups is 1. The van der Waals surface area contributed by atoms with Gasteiger partial charge in [-0.15, -0.1) is 17.9 Å². The normalized spacial score (nSPS) is 12.9. The van der Waals surface area contributed by atoms with E-state index in [-0.39, 0.29) is 6.10 Å². The first-order valence-electron chi connectivity index (χ1n) is 3.98. The summed E-state index contributed by atoms with van der Waals surface area (Å²) in [6.45, 7) is 7.75. The highest BCUT2D eigenvalue weighted by molar-refractivity contribution is 7.12. The Kier molecular flexibility index (Phi) is 3.06. The zero-order valence-electron chi connectivity index (χ0n) is 7.50. The van der Waals surface area contributed by atoms with Gasteiger partial charge in [0.1, 0.15) is 0 Å². The number of aliphatic hydroxyl groups excluding tert-OH is 1. The van der Waals surface area contributed by atoms with Crippen molar-refractivity contribution in [2.24, 2.45) is 0 Å². The lowest BCUT2D eigenvalue weighted by atomic mass is 10.1. The second-order valence-corrected chi connectivity index (χ2v) is 4.44. The minimum absolute atomic E-state index is 0.360. The van der Waals surface area contributed by atoms with Gasteiger partial charge in [-0.3, -0.25) is 0 Å². The number of aryl methyl sites for hydroxylation is 1. The van der Waals surface area contributed by atoms with Crippen LogP contribution in [0.25, 0.3) is 0 Å². The highest BCUT2D eigenvalue weighted by Gasteiger charge is 2.08. The lowest BCUT2D eigenvalue weighted by Crippen LogP contribution is -1.93. The molecule has 1 unspecified atom stereocenters. The molecule has 0 radical (unpaired) electrons. The van der Waals surface area contributed by atoms with E-state index in [1.807, 2.05) is 26.0 Å². The standard InChI is InChI=1S/C10H14OS/c1-7(2)6-9(11)10-5-4-8(3)12-10/h4-5,9,11H,1,6H2,2-3H3. The Hall–Kier alpha value is -0.600. The van der Waals surface area contributed by atoms with Crippen molar-refractivity contribution < 1.29 is 5.11 Å². The topological polar surface area (TPSA) is 20.2 Å². The van der Waals surface area contributed by atoms with Crippen LogP contribution in [0.4, 0.5) is 0 Å². The summed E-state index contributed by atoms with van der Waals surface area (Å²) >= 11 is 1.65. The third-order valence-corrected chi connectivity index (χ3v) is 2.73. The van der Waals surface area contributed by atoms with E-state index < -0.39 is 0 Å². The molecule has 0 bridgehead atoms. The number of hydrogen-bond acceptors (Lipinski definition) is 2. The van der Waals surface area contributed by atoms with Crippen LogP contribution in [0.1, 0.15) is 29.2 Å². The summed E-state index contributed by atoms with van der Waals surface area (Å²) in [7, 11) is 0. The third kappa shape index (κ3) is 2.47. The lowest BCUT2D eigenvalue weighted by Gasteiger charge is -2.06. The minimum Gasteiger partial charge on any atom is -0.387 e. The SMILES string of the molecule is C=C(C)CC(O)c1ccc(C)s1. The Morgan fingerprint density at radius 3 is 2.75 bits per heavy atom. The molecule has 1 nitrogen and oxygen atoms in total. The predicted molar refractivity (Wildman–Crippen MR) is 53.4 cm³/mol. The van der Waals surface area contributed by atoms with Gasteiger partial charge >= 0.3 is 0 Å². The van der Waals surface area contributed by atoms with Crippen LogP contribution in [0.15, 0.2) is 24.3 Å². The maximum atomic E-state index is 9.65. The Balaban J connectivity index is 2.64. The first-order valence-corrected chi connectivity index (χ1v) is 4.80. The maximum Gasteiger partial charge on any atom is 0.0918 e. The van der Waals surface area contributed by atoms with E-state index in [1.165, 1.54) is 4.88 Å². The molecule has 1 N–H and O–H groups in total. The lowest BCUT2D eigenvalue weighted by molar-refractivity contribution is 0.182. The van der Waals surface area contributed by atoms with Gasteiger partial charge in [0.15, 0.2) is 0 Å². The number of hydrogen-bond donors (Lipinski definition) is 1. The molecule has 0 aromatic carbocycles. The van der Waals surface area contributed by atoms with Crippen LogP contribution in [0.5, 0.6) is 0 Å². The van der Waals surface area contributed by atoms with Crippen LogP contribution in [0.2, 0.25) is 0 Å². The molecule has 0 amide bonds. The van der Waals surface area contributed by atoms with Crippen molar-refractivity contribution in [1.82, 2.24) is 0 Å².